The fraction of sp³-hybridized carbons (Fsp3) is 0.462. The molecule has 18 heavy (non-hydrogen) atoms. The smallest absolute Gasteiger partial charge is 0.170 e. The van der Waals surface area contributed by atoms with Gasteiger partial charge in [0.1, 0.15) is 0 Å². The molecule has 96 valence electrons. The molecule has 0 atom stereocenters. The number of aryl methyl sites for hydroxylation is 1. The largest absolute Gasteiger partial charge is 0.308 e. The fourth-order valence-electron chi connectivity index (χ4n) is 1.76. The number of nitrogens with zero attached hydrogens (tertiary/aromatic N) is 4. The van der Waals surface area contributed by atoms with E-state index in [4.69, 9.17) is 0 Å². The van der Waals surface area contributed by atoms with E-state index in [-0.39, 0.29) is 0 Å². The minimum Gasteiger partial charge on any atom is -0.308 e. The van der Waals surface area contributed by atoms with E-state index in [1.165, 1.54) is 11.1 Å². The highest BCUT2D eigenvalue weighted by atomic mass is 15.5. The summed E-state index contributed by atoms with van der Waals surface area (Å²) in [6.45, 7) is 9.05. The van der Waals surface area contributed by atoms with Crippen LogP contribution in [0.3, 0.4) is 0 Å². The fourth-order valence-corrected chi connectivity index (χ4v) is 1.76. The van der Waals surface area contributed by atoms with E-state index in [1.54, 1.807) is 4.68 Å². The summed E-state index contributed by atoms with van der Waals surface area (Å²) in [5.74, 6) is 0.831. The Morgan fingerprint density at radius 2 is 2.06 bits per heavy atom. The van der Waals surface area contributed by atoms with Crippen molar-refractivity contribution in [2.45, 2.75) is 40.3 Å². The third kappa shape index (κ3) is 2.56. The molecule has 0 aliphatic heterocycles. The van der Waals surface area contributed by atoms with Gasteiger partial charge < -0.3 is 5.32 Å². The molecule has 0 radical (unpaired) electrons. The van der Waals surface area contributed by atoms with Gasteiger partial charge in [-0.2, -0.15) is 4.68 Å². The van der Waals surface area contributed by atoms with Crippen LogP contribution in [0.5, 0.6) is 0 Å². The second-order valence-corrected chi connectivity index (χ2v) is 4.76. The summed E-state index contributed by atoms with van der Waals surface area (Å²) >= 11 is 0. The van der Waals surface area contributed by atoms with Gasteiger partial charge in [0.2, 0.25) is 0 Å². The summed E-state index contributed by atoms with van der Waals surface area (Å²) in [7, 11) is 0. The van der Waals surface area contributed by atoms with Crippen LogP contribution in [0, 0.1) is 13.8 Å². The van der Waals surface area contributed by atoms with E-state index >= 15 is 0 Å². The zero-order valence-corrected chi connectivity index (χ0v) is 11.3. The van der Waals surface area contributed by atoms with Crippen LogP contribution in [-0.4, -0.2) is 26.2 Å². The predicted molar refractivity (Wildman–Crippen MR) is 70.6 cm³/mol. The van der Waals surface area contributed by atoms with Crippen molar-refractivity contribution in [1.82, 2.24) is 25.5 Å². The second kappa shape index (κ2) is 5.27. The maximum atomic E-state index is 4.08. The first-order valence-corrected chi connectivity index (χ1v) is 6.17. The van der Waals surface area contributed by atoms with Crippen molar-refractivity contribution >= 4 is 0 Å². The maximum absolute atomic E-state index is 4.08. The van der Waals surface area contributed by atoms with Crippen molar-refractivity contribution in [1.29, 1.82) is 0 Å². The predicted octanol–water partition coefficient (Wildman–Crippen LogP) is 1.78. The molecule has 2 aromatic rings. The summed E-state index contributed by atoms with van der Waals surface area (Å²) in [4.78, 5) is 0. The Morgan fingerprint density at radius 3 is 2.78 bits per heavy atom. The van der Waals surface area contributed by atoms with Crippen LogP contribution < -0.4 is 5.32 Å². The highest BCUT2D eigenvalue weighted by Crippen LogP contribution is 2.17. The summed E-state index contributed by atoms with van der Waals surface area (Å²) in [5, 5.41) is 15.3. The Morgan fingerprint density at radius 1 is 1.28 bits per heavy atom. The number of hydrogen-bond donors (Lipinski definition) is 1. The summed E-state index contributed by atoms with van der Waals surface area (Å²) in [5.41, 5.74) is 3.49. The quantitative estimate of drug-likeness (QED) is 0.892. The molecule has 1 aromatic carbocycles. The SMILES string of the molecule is Cc1cccc(-n2nnnc2CNC(C)C)c1C. The molecule has 0 amide bonds. The summed E-state index contributed by atoms with van der Waals surface area (Å²) in [6, 6.07) is 6.57. The first kappa shape index (κ1) is 12.7. The van der Waals surface area contributed by atoms with E-state index in [1.807, 2.05) is 12.1 Å². The zero-order chi connectivity index (χ0) is 13.1. The third-order valence-electron chi connectivity index (χ3n) is 3.01. The molecule has 0 bridgehead atoms. The normalized spacial score (nSPS) is 11.2. The van der Waals surface area contributed by atoms with Gasteiger partial charge in [0.05, 0.1) is 12.2 Å². The Hall–Kier alpha value is -1.75. The zero-order valence-electron chi connectivity index (χ0n) is 11.3. The number of nitrogens with one attached hydrogen (secondary N) is 1. The maximum Gasteiger partial charge on any atom is 0.170 e. The monoisotopic (exact) mass is 245 g/mol. The average molecular weight is 245 g/mol. The van der Waals surface area contributed by atoms with E-state index in [0.29, 0.717) is 12.6 Å². The average Bonchev–Trinajstić information content (AvgIpc) is 2.78. The molecule has 1 N–H and O–H groups in total. The molecule has 1 heterocycles. The Bertz CT molecular complexity index is 530. The van der Waals surface area contributed by atoms with Crippen LogP contribution >= 0.6 is 0 Å². The van der Waals surface area contributed by atoms with E-state index in [2.05, 4.69) is 54.6 Å². The minimum absolute atomic E-state index is 0.411. The van der Waals surface area contributed by atoms with Gasteiger partial charge in [-0.3, -0.25) is 0 Å². The molecule has 2 rings (SSSR count). The van der Waals surface area contributed by atoms with Gasteiger partial charge in [0, 0.05) is 6.04 Å². The first-order chi connectivity index (χ1) is 8.59. The lowest BCUT2D eigenvalue weighted by Gasteiger charge is -2.11. The first-order valence-electron chi connectivity index (χ1n) is 6.17. The van der Waals surface area contributed by atoms with Gasteiger partial charge in [-0.25, -0.2) is 0 Å². The van der Waals surface area contributed by atoms with Crippen molar-refractivity contribution in [3.63, 3.8) is 0 Å². The molecular weight excluding hydrogens is 226 g/mol. The Balaban J connectivity index is 2.33. The Kier molecular flexibility index (Phi) is 3.72. The van der Waals surface area contributed by atoms with Crippen molar-refractivity contribution in [2.75, 3.05) is 0 Å². The van der Waals surface area contributed by atoms with Gasteiger partial charge >= 0.3 is 0 Å². The number of tetrazole rings is 1. The van der Waals surface area contributed by atoms with Gasteiger partial charge in [-0.05, 0) is 41.5 Å². The highest BCUT2D eigenvalue weighted by molar-refractivity contribution is 5.44. The lowest BCUT2D eigenvalue weighted by Crippen LogP contribution is -2.24. The van der Waals surface area contributed by atoms with Gasteiger partial charge in [0.15, 0.2) is 5.82 Å². The Labute approximate surface area is 107 Å². The van der Waals surface area contributed by atoms with Crippen LogP contribution in [0.1, 0.15) is 30.8 Å². The molecule has 0 aliphatic rings. The van der Waals surface area contributed by atoms with Crippen LogP contribution in [0.15, 0.2) is 18.2 Å². The van der Waals surface area contributed by atoms with Crippen molar-refractivity contribution < 1.29 is 0 Å². The number of benzene rings is 1. The minimum atomic E-state index is 0.411. The van der Waals surface area contributed by atoms with E-state index in [9.17, 15) is 0 Å². The molecule has 0 fully saturated rings. The topological polar surface area (TPSA) is 55.6 Å². The molecular formula is C13H19N5. The lowest BCUT2D eigenvalue weighted by molar-refractivity contribution is 0.563. The van der Waals surface area contributed by atoms with Crippen LogP contribution in [0.25, 0.3) is 5.69 Å². The van der Waals surface area contributed by atoms with Crippen LogP contribution in [0.4, 0.5) is 0 Å². The highest BCUT2D eigenvalue weighted by Gasteiger charge is 2.11. The van der Waals surface area contributed by atoms with Crippen molar-refractivity contribution in [2.24, 2.45) is 0 Å². The standard InChI is InChI=1S/C13H19N5/c1-9(2)14-8-13-15-16-17-18(13)12-7-5-6-10(3)11(12)4/h5-7,9,14H,8H2,1-4H3. The molecule has 0 spiro atoms. The van der Waals surface area contributed by atoms with Gasteiger partial charge in [0.25, 0.3) is 0 Å². The molecule has 0 aliphatic carbocycles. The van der Waals surface area contributed by atoms with Crippen molar-refractivity contribution in [3.8, 4) is 5.69 Å². The molecule has 5 nitrogen and oxygen atoms in total. The third-order valence-corrected chi connectivity index (χ3v) is 3.01. The number of rotatable bonds is 4. The molecule has 0 unspecified atom stereocenters. The van der Waals surface area contributed by atoms with E-state index in [0.717, 1.165) is 11.5 Å². The van der Waals surface area contributed by atoms with Crippen LogP contribution in [0.2, 0.25) is 0 Å². The lowest BCUT2D eigenvalue weighted by atomic mass is 10.1. The van der Waals surface area contributed by atoms with Crippen LogP contribution in [-0.2, 0) is 6.54 Å². The van der Waals surface area contributed by atoms with Gasteiger partial charge in [-0.15, -0.1) is 5.10 Å². The molecule has 0 saturated heterocycles. The summed E-state index contributed by atoms with van der Waals surface area (Å²) in [6.07, 6.45) is 0. The van der Waals surface area contributed by atoms with Gasteiger partial charge in [-0.1, -0.05) is 26.0 Å². The second-order valence-electron chi connectivity index (χ2n) is 4.76. The molecule has 1 aromatic heterocycles. The van der Waals surface area contributed by atoms with Crippen molar-refractivity contribution in [3.05, 3.63) is 35.2 Å². The molecule has 5 heteroatoms. The number of hydrogen-bond acceptors (Lipinski definition) is 4. The summed E-state index contributed by atoms with van der Waals surface area (Å²) < 4.78 is 1.80. The number of aromatic nitrogens is 4. The molecule has 0 saturated carbocycles. The van der Waals surface area contributed by atoms with E-state index < -0.39 is 0 Å².